The summed E-state index contributed by atoms with van der Waals surface area (Å²) in [5.41, 5.74) is 6.21. The van der Waals surface area contributed by atoms with Gasteiger partial charge in [-0.15, -0.1) is 0 Å². The Bertz CT molecular complexity index is 1330. The molecule has 0 atom stereocenters. The monoisotopic (exact) mass is 503 g/mol. The van der Waals surface area contributed by atoms with Crippen LogP contribution in [0.25, 0.3) is 10.9 Å². The lowest BCUT2D eigenvalue weighted by molar-refractivity contribution is 0.346. The molecule has 7 nitrogen and oxygen atoms in total. The lowest BCUT2D eigenvalue weighted by Crippen LogP contribution is -2.35. The Morgan fingerprint density at radius 1 is 1.18 bits per heavy atom. The smallest absolute Gasteiger partial charge is 0.243 e. The maximum Gasteiger partial charge on any atom is 0.243 e. The Morgan fingerprint density at radius 3 is 2.70 bits per heavy atom. The Morgan fingerprint density at radius 2 is 1.94 bits per heavy atom. The molecule has 2 N–H and O–H groups in total. The van der Waals surface area contributed by atoms with Gasteiger partial charge in [0.2, 0.25) is 10.0 Å². The molecule has 33 heavy (non-hydrogen) atoms. The summed E-state index contributed by atoms with van der Waals surface area (Å²) in [4.78, 5) is 0.305. The van der Waals surface area contributed by atoms with Crippen LogP contribution in [0.5, 0.6) is 0 Å². The SMILES string of the molecule is Cc1c(Cl)cccc1NC(=S)N/N=C/c1cn(C)c2ccc(S(=O)(=O)N3CCCCC3)cc12. The molecule has 0 amide bonds. The number of nitrogens with one attached hydrogen (secondary N) is 2. The summed E-state index contributed by atoms with van der Waals surface area (Å²) in [6.07, 6.45) is 6.42. The van der Waals surface area contributed by atoms with E-state index in [0.29, 0.717) is 28.1 Å². The Balaban J connectivity index is 1.54. The first-order valence-corrected chi connectivity index (χ1v) is 12.9. The van der Waals surface area contributed by atoms with Gasteiger partial charge in [-0.3, -0.25) is 5.43 Å². The minimum absolute atomic E-state index is 0.305. The van der Waals surface area contributed by atoms with Crippen LogP contribution in [0.3, 0.4) is 0 Å². The van der Waals surface area contributed by atoms with E-state index < -0.39 is 10.0 Å². The van der Waals surface area contributed by atoms with Gasteiger partial charge in [0, 0.05) is 53.5 Å². The second-order valence-corrected chi connectivity index (χ2v) is 10.8. The normalized spacial score (nSPS) is 15.2. The van der Waals surface area contributed by atoms with Crippen molar-refractivity contribution in [1.82, 2.24) is 14.3 Å². The van der Waals surface area contributed by atoms with E-state index in [-0.39, 0.29) is 0 Å². The van der Waals surface area contributed by atoms with Crippen LogP contribution >= 0.6 is 23.8 Å². The molecule has 1 aliphatic rings. The van der Waals surface area contributed by atoms with Gasteiger partial charge < -0.3 is 9.88 Å². The van der Waals surface area contributed by atoms with Crippen LogP contribution in [0.15, 0.2) is 52.6 Å². The summed E-state index contributed by atoms with van der Waals surface area (Å²) in [5, 5.41) is 9.11. The number of hydrogen-bond acceptors (Lipinski definition) is 4. The van der Waals surface area contributed by atoms with Crippen molar-refractivity contribution in [2.45, 2.75) is 31.1 Å². The van der Waals surface area contributed by atoms with Crippen LogP contribution in [0.1, 0.15) is 30.4 Å². The van der Waals surface area contributed by atoms with Gasteiger partial charge in [-0.25, -0.2) is 8.42 Å². The summed E-state index contributed by atoms with van der Waals surface area (Å²) < 4.78 is 29.8. The lowest BCUT2D eigenvalue weighted by atomic mass is 10.2. The van der Waals surface area contributed by atoms with Crippen LogP contribution in [-0.4, -0.2) is 41.7 Å². The predicted octanol–water partition coefficient (Wildman–Crippen LogP) is 4.64. The molecule has 2 heterocycles. The van der Waals surface area contributed by atoms with Gasteiger partial charge in [0.1, 0.15) is 0 Å². The summed E-state index contributed by atoms with van der Waals surface area (Å²) >= 11 is 11.5. The predicted molar refractivity (Wildman–Crippen MR) is 139 cm³/mol. The average Bonchev–Trinajstić information content (AvgIpc) is 3.12. The number of hydrazone groups is 1. The van der Waals surface area contributed by atoms with E-state index in [2.05, 4.69) is 15.8 Å². The van der Waals surface area contributed by atoms with Gasteiger partial charge in [0.15, 0.2) is 5.11 Å². The summed E-state index contributed by atoms with van der Waals surface area (Å²) in [7, 11) is -1.60. The molecule has 0 aliphatic carbocycles. The van der Waals surface area contributed by atoms with E-state index in [1.165, 1.54) is 0 Å². The molecule has 4 rings (SSSR count). The fraction of sp³-hybridized carbons (Fsp3) is 0.304. The minimum Gasteiger partial charge on any atom is -0.350 e. The number of piperidine rings is 1. The minimum atomic E-state index is -3.51. The van der Waals surface area contributed by atoms with Crippen LogP contribution in [0.4, 0.5) is 5.69 Å². The molecule has 0 spiro atoms. The maximum absolute atomic E-state index is 13.1. The number of thiocarbonyl (C=S) groups is 1. The fourth-order valence-electron chi connectivity index (χ4n) is 3.97. The van der Waals surface area contributed by atoms with Crippen LogP contribution in [-0.2, 0) is 17.1 Å². The number of aryl methyl sites for hydroxylation is 1. The number of nitrogens with zero attached hydrogens (tertiary/aromatic N) is 3. The highest BCUT2D eigenvalue weighted by Crippen LogP contribution is 2.27. The number of aromatic nitrogens is 1. The number of halogens is 1. The van der Waals surface area contributed by atoms with E-state index >= 15 is 0 Å². The molecule has 10 heteroatoms. The molecule has 1 saturated heterocycles. The van der Waals surface area contributed by atoms with Gasteiger partial charge in [-0.2, -0.15) is 9.41 Å². The largest absolute Gasteiger partial charge is 0.350 e. The zero-order valence-electron chi connectivity index (χ0n) is 18.5. The van der Waals surface area contributed by atoms with Gasteiger partial charge in [-0.05, 0) is 67.9 Å². The summed E-state index contributed by atoms with van der Waals surface area (Å²) in [6.45, 7) is 3.05. The van der Waals surface area contributed by atoms with Crippen molar-refractivity contribution in [2.75, 3.05) is 18.4 Å². The molecule has 0 unspecified atom stereocenters. The highest BCUT2D eigenvalue weighted by molar-refractivity contribution is 7.89. The molecule has 0 bridgehead atoms. The Kier molecular flexibility index (Phi) is 7.04. The maximum atomic E-state index is 13.1. The molecule has 0 saturated carbocycles. The molecule has 2 aromatic carbocycles. The molecule has 1 fully saturated rings. The van der Waals surface area contributed by atoms with Gasteiger partial charge >= 0.3 is 0 Å². The number of anilines is 1. The molecule has 1 aromatic heterocycles. The first-order chi connectivity index (χ1) is 15.8. The third-order valence-electron chi connectivity index (χ3n) is 5.83. The second kappa shape index (κ2) is 9.80. The standard InChI is InChI=1S/C23H26ClN5O2S2/c1-16-20(24)7-6-8-21(16)26-23(32)27-25-14-17-15-28(2)22-10-9-18(13-19(17)22)33(30,31)29-11-4-3-5-12-29/h6-10,13-15H,3-5,11-12H2,1-2H3,(H2,26,27,32)/b25-14+. The van der Waals surface area contributed by atoms with Gasteiger partial charge in [-0.1, -0.05) is 24.1 Å². The molecule has 3 aromatic rings. The van der Waals surface area contributed by atoms with Gasteiger partial charge in [0.25, 0.3) is 0 Å². The average molecular weight is 504 g/mol. The summed E-state index contributed by atoms with van der Waals surface area (Å²) in [6, 6.07) is 10.8. The van der Waals surface area contributed by atoms with E-state index in [1.807, 2.05) is 49.0 Å². The topological polar surface area (TPSA) is 78.7 Å². The van der Waals surface area contributed by atoms with Crippen LogP contribution < -0.4 is 10.7 Å². The number of benzene rings is 2. The molecular weight excluding hydrogens is 478 g/mol. The molecular formula is C23H26ClN5O2S2. The van der Waals surface area contributed by atoms with Crippen molar-refractivity contribution < 1.29 is 8.42 Å². The quantitative estimate of drug-likeness (QED) is 0.301. The second-order valence-electron chi connectivity index (χ2n) is 8.08. The van der Waals surface area contributed by atoms with E-state index in [0.717, 1.165) is 47.0 Å². The van der Waals surface area contributed by atoms with Crippen molar-refractivity contribution in [2.24, 2.45) is 12.1 Å². The van der Waals surface area contributed by atoms with Crippen molar-refractivity contribution in [3.8, 4) is 0 Å². The molecule has 174 valence electrons. The van der Waals surface area contributed by atoms with Crippen LogP contribution in [0, 0.1) is 6.92 Å². The molecule has 1 aliphatic heterocycles. The first-order valence-electron chi connectivity index (χ1n) is 10.7. The van der Waals surface area contributed by atoms with Crippen molar-refractivity contribution in [1.29, 1.82) is 0 Å². The first kappa shape index (κ1) is 23.7. The Hall–Kier alpha value is -2.46. The van der Waals surface area contributed by atoms with Crippen molar-refractivity contribution >= 4 is 61.8 Å². The summed E-state index contributed by atoms with van der Waals surface area (Å²) in [5.74, 6) is 0. The highest BCUT2D eigenvalue weighted by atomic mass is 35.5. The third-order valence-corrected chi connectivity index (χ3v) is 8.33. The zero-order chi connectivity index (χ0) is 23.6. The van der Waals surface area contributed by atoms with Crippen molar-refractivity contribution in [3.63, 3.8) is 0 Å². The number of sulfonamides is 1. The van der Waals surface area contributed by atoms with Crippen molar-refractivity contribution in [3.05, 3.63) is 58.7 Å². The van der Waals surface area contributed by atoms with Crippen LogP contribution in [0.2, 0.25) is 5.02 Å². The fourth-order valence-corrected chi connectivity index (χ4v) is 5.85. The molecule has 0 radical (unpaired) electrons. The number of hydrogen-bond donors (Lipinski definition) is 2. The van der Waals surface area contributed by atoms with E-state index in [1.54, 1.807) is 22.7 Å². The Labute approximate surface area is 204 Å². The number of rotatable bonds is 5. The van der Waals surface area contributed by atoms with E-state index in [9.17, 15) is 8.42 Å². The lowest BCUT2D eigenvalue weighted by Gasteiger charge is -2.25. The zero-order valence-corrected chi connectivity index (χ0v) is 20.9. The van der Waals surface area contributed by atoms with Gasteiger partial charge in [0.05, 0.1) is 11.1 Å². The van der Waals surface area contributed by atoms with E-state index in [4.69, 9.17) is 23.8 Å². The highest BCUT2D eigenvalue weighted by Gasteiger charge is 2.26. The third kappa shape index (κ3) is 5.06. The number of fused-ring (bicyclic) bond motifs is 1.